The van der Waals surface area contributed by atoms with E-state index in [0.29, 0.717) is 16.6 Å². The van der Waals surface area contributed by atoms with Crippen molar-refractivity contribution < 1.29 is 14.3 Å². The largest absolute Gasteiger partial charge is 0.478 e. The van der Waals surface area contributed by atoms with Gasteiger partial charge in [0.2, 0.25) is 0 Å². The topological polar surface area (TPSA) is 75.1 Å². The summed E-state index contributed by atoms with van der Waals surface area (Å²) in [5, 5.41) is 9.02. The van der Waals surface area contributed by atoms with Crippen LogP contribution >= 0.6 is 0 Å². The number of hydrogen-bond acceptors (Lipinski definition) is 2. The summed E-state index contributed by atoms with van der Waals surface area (Å²) in [7, 11) is 0. The minimum absolute atomic E-state index is 0.0921. The Morgan fingerprint density at radius 2 is 2.05 bits per heavy atom. The maximum atomic E-state index is 13.2. The number of carbonyl (C=O) groups is 1. The standard InChI is InChI=1S/C15H11FN2O3/c16-11-3-1-2-9(6-11)8-18-13-7-10(14(19)20)4-5-12(13)17-15(18)21/h1-7H,8H2,(H,17,21)(H,19,20). The molecule has 0 aliphatic carbocycles. The number of carboxylic acids is 1. The predicted octanol–water partition coefficient (Wildman–Crippen LogP) is 2.22. The summed E-state index contributed by atoms with van der Waals surface area (Å²) in [6.07, 6.45) is 0. The molecule has 2 aromatic carbocycles. The van der Waals surface area contributed by atoms with E-state index in [1.54, 1.807) is 18.2 Å². The van der Waals surface area contributed by atoms with Gasteiger partial charge in [-0.1, -0.05) is 12.1 Å². The number of aromatic nitrogens is 2. The number of aromatic carboxylic acids is 1. The molecule has 0 radical (unpaired) electrons. The number of carboxylic acid groups (broad SMARTS) is 1. The van der Waals surface area contributed by atoms with E-state index in [1.807, 2.05) is 0 Å². The second-order valence-electron chi connectivity index (χ2n) is 4.68. The van der Waals surface area contributed by atoms with Crippen molar-refractivity contribution in [1.82, 2.24) is 9.55 Å². The molecule has 1 heterocycles. The highest BCUT2D eigenvalue weighted by Crippen LogP contribution is 2.15. The second-order valence-corrected chi connectivity index (χ2v) is 4.68. The lowest BCUT2D eigenvalue weighted by molar-refractivity contribution is 0.0697. The molecular formula is C15H11FN2O3. The molecule has 0 amide bonds. The highest BCUT2D eigenvalue weighted by Gasteiger charge is 2.11. The van der Waals surface area contributed by atoms with Crippen molar-refractivity contribution in [1.29, 1.82) is 0 Å². The van der Waals surface area contributed by atoms with Crippen molar-refractivity contribution >= 4 is 17.0 Å². The van der Waals surface area contributed by atoms with E-state index < -0.39 is 5.97 Å². The van der Waals surface area contributed by atoms with Crippen molar-refractivity contribution in [3.63, 3.8) is 0 Å². The average molecular weight is 286 g/mol. The molecule has 5 nitrogen and oxygen atoms in total. The van der Waals surface area contributed by atoms with Gasteiger partial charge in [-0.2, -0.15) is 0 Å². The van der Waals surface area contributed by atoms with E-state index in [0.717, 1.165) is 0 Å². The van der Waals surface area contributed by atoms with E-state index in [2.05, 4.69) is 4.98 Å². The van der Waals surface area contributed by atoms with Crippen LogP contribution in [0.15, 0.2) is 47.3 Å². The van der Waals surface area contributed by atoms with Gasteiger partial charge in [-0.3, -0.25) is 4.57 Å². The van der Waals surface area contributed by atoms with Crippen LogP contribution in [0, 0.1) is 5.82 Å². The summed E-state index contributed by atoms with van der Waals surface area (Å²) in [5.74, 6) is -1.45. The van der Waals surface area contributed by atoms with Crippen LogP contribution in [0.3, 0.4) is 0 Å². The number of fused-ring (bicyclic) bond motifs is 1. The number of H-pyrrole nitrogens is 1. The number of aromatic amines is 1. The molecule has 0 aliphatic rings. The maximum absolute atomic E-state index is 13.2. The third-order valence-corrected chi connectivity index (χ3v) is 3.25. The third kappa shape index (κ3) is 2.43. The number of benzene rings is 2. The minimum Gasteiger partial charge on any atom is -0.478 e. The summed E-state index contributed by atoms with van der Waals surface area (Å²) >= 11 is 0. The normalized spacial score (nSPS) is 10.9. The summed E-state index contributed by atoms with van der Waals surface area (Å²) < 4.78 is 14.6. The summed E-state index contributed by atoms with van der Waals surface area (Å²) in [6.45, 7) is 0.166. The van der Waals surface area contributed by atoms with Crippen molar-refractivity contribution in [3.05, 3.63) is 69.9 Å². The van der Waals surface area contributed by atoms with Crippen LogP contribution in [0.1, 0.15) is 15.9 Å². The lowest BCUT2D eigenvalue weighted by Crippen LogP contribution is -2.17. The van der Waals surface area contributed by atoms with Gasteiger partial charge in [0.1, 0.15) is 5.82 Å². The zero-order valence-electron chi connectivity index (χ0n) is 10.8. The molecule has 21 heavy (non-hydrogen) atoms. The van der Waals surface area contributed by atoms with Gasteiger partial charge >= 0.3 is 11.7 Å². The number of halogens is 1. The van der Waals surface area contributed by atoms with Gasteiger partial charge in [0.25, 0.3) is 0 Å². The van der Waals surface area contributed by atoms with Crippen LogP contribution in [0.5, 0.6) is 0 Å². The molecule has 0 spiro atoms. The molecule has 0 aliphatic heterocycles. The molecule has 106 valence electrons. The minimum atomic E-state index is -1.07. The lowest BCUT2D eigenvalue weighted by atomic mass is 10.2. The third-order valence-electron chi connectivity index (χ3n) is 3.25. The first-order valence-electron chi connectivity index (χ1n) is 6.25. The molecule has 0 saturated carbocycles. The summed E-state index contributed by atoms with van der Waals surface area (Å²) in [6, 6.07) is 10.3. The highest BCUT2D eigenvalue weighted by atomic mass is 19.1. The molecular weight excluding hydrogens is 275 g/mol. The highest BCUT2D eigenvalue weighted by molar-refractivity contribution is 5.92. The summed E-state index contributed by atoms with van der Waals surface area (Å²) in [5.41, 5.74) is 1.37. The maximum Gasteiger partial charge on any atom is 0.335 e. The van der Waals surface area contributed by atoms with Gasteiger partial charge in [0.05, 0.1) is 23.1 Å². The van der Waals surface area contributed by atoms with E-state index in [1.165, 1.54) is 28.8 Å². The molecule has 0 saturated heterocycles. The lowest BCUT2D eigenvalue weighted by Gasteiger charge is -2.04. The van der Waals surface area contributed by atoms with E-state index >= 15 is 0 Å². The first-order chi connectivity index (χ1) is 10.0. The Balaban J connectivity index is 2.12. The SMILES string of the molecule is O=C(O)c1ccc2[nH]c(=O)n(Cc3cccc(F)c3)c2c1. The van der Waals surface area contributed by atoms with E-state index in [4.69, 9.17) is 5.11 Å². The molecule has 0 unspecified atom stereocenters. The van der Waals surface area contributed by atoms with Crippen molar-refractivity contribution in [2.24, 2.45) is 0 Å². The Bertz CT molecular complexity index is 895. The Kier molecular flexibility index (Phi) is 3.06. The zero-order valence-corrected chi connectivity index (χ0v) is 10.8. The molecule has 0 bridgehead atoms. The fourth-order valence-electron chi connectivity index (χ4n) is 2.26. The molecule has 1 aromatic heterocycles. The van der Waals surface area contributed by atoms with Crippen molar-refractivity contribution in [2.75, 3.05) is 0 Å². The summed E-state index contributed by atoms with van der Waals surface area (Å²) in [4.78, 5) is 25.6. The van der Waals surface area contributed by atoms with Gasteiger partial charge in [-0.25, -0.2) is 14.0 Å². The fraction of sp³-hybridized carbons (Fsp3) is 0.0667. The van der Waals surface area contributed by atoms with Crippen LogP contribution in [-0.4, -0.2) is 20.6 Å². The Hall–Kier alpha value is -2.89. The quantitative estimate of drug-likeness (QED) is 0.775. The number of nitrogens with zero attached hydrogens (tertiary/aromatic N) is 1. The molecule has 0 fully saturated rings. The van der Waals surface area contributed by atoms with Crippen LogP contribution in [-0.2, 0) is 6.54 Å². The molecule has 3 aromatic rings. The Labute approximate surface area is 118 Å². The monoisotopic (exact) mass is 286 g/mol. The van der Waals surface area contributed by atoms with Crippen molar-refractivity contribution in [3.8, 4) is 0 Å². The molecule has 6 heteroatoms. The first kappa shape index (κ1) is 13.1. The first-order valence-corrected chi connectivity index (χ1v) is 6.25. The number of hydrogen-bond donors (Lipinski definition) is 2. The van der Waals surface area contributed by atoms with Crippen molar-refractivity contribution in [2.45, 2.75) is 6.54 Å². The van der Waals surface area contributed by atoms with E-state index in [9.17, 15) is 14.0 Å². The molecule has 0 atom stereocenters. The number of imidazole rings is 1. The van der Waals surface area contributed by atoms with E-state index in [-0.39, 0.29) is 23.6 Å². The molecule has 2 N–H and O–H groups in total. The van der Waals surface area contributed by atoms with Gasteiger partial charge in [0.15, 0.2) is 0 Å². The fourth-order valence-corrected chi connectivity index (χ4v) is 2.26. The zero-order chi connectivity index (χ0) is 15.0. The predicted molar refractivity (Wildman–Crippen MR) is 75.0 cm³/mol. The van der Waals surface area contributed by atoms with Crippen LogP contribution in [0.25, 0.3) is 11.0 Å². The van der Waals surface area contributed by atoms with Crippen LogP contribution in [0.2, 0.25) is 0 Å². The van der Waals surface area contributed by atoms with Crippen LogP contribution < -0.4 is 5.69 Å². The average Bonchev–Trinajstić information content (AvgIpc) is 2.74. The second kappa shape index (κ2) is 4.90. The van der Waals surface area contributed by atoms with Gasteiger partial charge in [-0.05, 0) is 35.9 Å². The Morgan fingerprint density at radius 1 is 1.24 bits per heavy atom. The number of rotatable bonds is 3. The van der Waals surface area contributed by atoms with Crippen LogP contribution in [0.4, 0.5) is 4.39 Å². The van der Waals surface area contributed by atoms with Gasteiger partial charge < -0.3 is 10.1 Å². The number of nitrogens with one attached hydrogen (secondary N) is 1. The van der Waals surface area contributed by atoms with Gasteiger partial charge in [0, 0.05) is 0 Å². The Morgan fingerprint density at radius 3 is 2.76 bits per heavy atom. The smallest absolute Gasteiger partial charge is 0.335 e. The molecule has 3 rings (SSSR count). The van der Waals surface area contributed by atoms with Gasteiger partial charge in [-0.15, -0.1) is 0 Å².